The number of nitrogens with zero attached hydrogens (tertiary/aromatic N) is 2. The Morgan fingerprint density at radius 3 is 2.62 bits per heavy atom. The summed E-state index contributed by atoms with van der Waals surface area (Å²) < 4.78 is 14.5. The van der Waals surface area contributed by atoms with Crippen molar-refractivity contribution in [1.82, 2.24) is 4.57 Å². The third-order valence-corrected chi connectivity index (χ3v) is 6.02. The van der Waals surface area contributed by atoms with Gasteiger partial charge in [0.05, 0.1) is 11.6 Å². The Hall–Kier alpha value is -3.97. The van der Waals surface area contributed by atoms with Gasteiger partial charge in [-0.05, 0) is 69.2 Å². The van der Waals surface area contributed by atoms with Crippen LogP contribution in [0.3, 0.4) is 0 Å². The lowest BCUT2D eigenvalue weighted by molar-refractivity contribution is 0.313. The standard InChI is InChI=1S/C28H24N2O2/c1-5-30-26-9-7-6-8-23(26)25-14-24-17(2)10-21(32-28(24)15-27(25)30)13-22-12-20(18(3)16-29)11-19(4)31-22/h6-15H,5H2,1-4H3/b20-18?,21-13+. The van der Waals surface area contributed by atoms with E-state index in [4.69, 9.17) is 9.47 Å². The number of rotatable bonds is 2. The van der Waals surface area contributed by atoms with E-state index in [2.05, 4.69) is 60.9 Å². The van der Waals surface area contributed by atoms with Gasteiger partial charge in [0, 0.05) is 46.1 Å². The molecule has 2 aliphatic heterocycles. The number of fused-ring (bicyclic) bond motifs is 4. The Morgan fingerprint density at radius 2 is 1.84 bits per heavy atom. The third-order valence-electron chi connectivity index (χ3n) is 6.02. The maximum Gasteiger partial charge on any atom is 0.137 e. The van der Waals surface area contributed by atoms with E-state index >= 15 is 0 Å². The Bertz CT molecular complexity index is 1480. The number of benzene rings is 2. The normalized spacial score (nSPS) is 18.3. The Labute approximate surface area is 187 Å². The number of hydrogen-bond donors (Lipinski definition) is 0. The largest absolute Gasteiger partial charge is 0.462 e. The van der Waals surface area contributed by atoms with Crippen molar-refractivity contribution < 1.29 is 9.47 Å². The van der Waals surface area contributed by atoms with Crippen molar-refractivity contribution in [2.45, 2.75) is 34.2 Å². The highest BCUT2D eigenvalue weighted by atomic mass is 16.5. The molecule has 0 atom stereocenters. The highest BCUT2D eigenvalue weighted by Crippen LogP contribution is 2.40. The smallest absolute Gasteiger partial charge is 0.137 e. The van der Waals surface area contributed by atoms with Gasteiger partial charge in [-0.3, -0.25) is 0 Å². The van der Waals surface area contributed by atoms with E-state index in [-0.39, 0.29) is 0 Å². The van der Waals surface area contributed by atoms with Crippen LogP contribution in [0.1, 0.15) is 33.3 Å². The van der Waals surface area contributed by atoms with E-state index in [1.165, 1.54) is 21.8 Å². The number of allylic oxidation sites excluding steroid dienone is 8. The van der Waals surface area contributed by atoms with Crippen LogP contribution in [0.4, 0.5) is 0 Å². The summed E-state index contributed by atoms with van der Waals surface area (Å²) in [5, 5.41) is 11.7. The van der Waals surface area contributed by atoms with Crippen molar-refractivity contribution in [3.05, 3.63) is 94.7 Å². The Morgan fingerprint density at radius 1 is 1.03 bits per heavy atom. The number of nitriles is 1. The van der Waals surface area contributed by atoms with Gasteiger partial charge in [0.1, 0.15) is 23.0 Å². The minimum Gasteiger partial charge on any atom is -0.462 e. The van der Waals surface area contributed by atoms with Gasteiger partial charge in [-0.15, -0.1) is 0 Å². The van der Waals surface area contributed by atoms with E-state index in [1.54, 1.807) is 6.92 Å². The van der Waals surface area contributed by atoms with Crippen LogP contribution in [0, 0.1) is 11.3 Å². The average molecular weight is 421 g/mol. The fraction of sp³-hybridized carbons (Fsp3) is 0.179. The van der Waals surface area contributed by atoms with E-state index in [9.17, 15) is 5.26 Å². The zero-order chi connectivity index (χ0) is 22.4. The molecule has 0 amide bonds. The summed E-state index contributed by atoms with van der Waals surface area (Å²) in [5.41, 5.74) is 6.15. The summed E-state index contributed by atoms with van der Waals surface area (Å²) in [5.74, 6) is 2.95. The van der Waals surface area contributed by atoms with Gasteiger partial charge in [-0.1, -0.05) is 18.2 Å². The Kier molecular flexibility index (Phi) is 4.75. The second-order valence-corrected chi connectivity index (χ2v) is 8.20. The molecule has 0 N–H and O–H groups in total. The van der Waals surface area contributed by atoms with Crippen LogP contribution in [0.2, 0.25) is 0 Å². The van der Waals surface area contributed by atoms with Crippen molar-refractivity contribution in [1.29, 1.82) is 5.26 Å². The van der Waals surface area contributed by atoms with E-state index in [0.717, 1.165) is 34.8 Å². The minimum atomic E-state index is 0.653. The van der Waals surface area contributed by atoms with Gasteiger partial charge in [-0.25, -0.2) is 0 Å². The SMILES string of the molecule is CCn1c2ccccc2c2cc3c(cc21)O/C(=C/C1=CC(=C(C)C#N)C=C(C)O1)C=C3C. The Balaban J connectivity index is 1.61. The molecule has 158 valence electrons. The maximum absolute atomic E-state index is 9.25. The van der Waals surface area contributed by atoms with Crippen molar-refractivity contribution in [2.24, 2.45) is 0 Å². The van der Waals surface area contributed by atoms with Crippen LogP contribution < -0.4 is 4.74 Å². The van der Waals surface area contributed by atoms with E-state index < -0.39 is 0 Å². The number of aryl methyl sites for hydroxylation is 1. The second kappa shape index (κ2) is 7.62. The van der Waals surface area contributed by atoms with E-state index in [1.807, 2.05) is 31.2 Å². The molecule has 4 heteroatoms. The topological polar surface area (TPSA) is 47.2 Å². The summed E-state index contributed by atoms with van der Waals surface area (Å²) in [7, 11) is 0. The summed E-state index contributed by atoms with van der Waals surface area (Å²) in [6.07, 6.45) is 7.66. The first kappa shape index (κ1) is 20.0. The number of ether oxygens (including phenoxy) is 2. The quantitative estimate of drug-likeness (QED) is 0.414. The van der Waals surface area contributed by atoms with Crippen LogP contribution >= 0.6 is 0 Å². The predicted octanol–water partition coefficient (Wildman–Crippen LogP) is 7.15. The molecule has 2 aromatic carbocycles. The molecule has 5 rings (SSSR count). The summed E-state index contributed by atoms with van der Waals surface area (Å²) in [6, 6.07) is 15.1. The molecule has 3 aromatic rings. The molecular formula is C28H24N2O2. The predicted molar refractivity (Wildman–Crippen MR) is 129 cm³/mol. The van der Waals surface area contributed by atoms with Gasteiger partial charge in [0.25, 0.3) is 0 Å². The molecule has 4 nitrogen and oxygen atoms in total. The molecule has 0 bridgehead atoms. The van der Waals surface area contributed by atoms with Crippen LogP contribution in [0.15, 0.2) is 89.1 Å². The molecule has 0 saturated carbocycles. The molecule has 2 aliphatic rings. The summed E-state index contributed by atoms with van der Waals surface area (Å²) >= 11 is 0. The van der Waals surface area contributed by atoms with E-state index in [0.29, 0.717) is 17.1 Å². The van der Waals surface area contributed by atoms with Gasteiger partial charge in [0.2, 0.25) is 0 Å². The minimum absolute atomic E-state index is 0.653. The average Bonchev–Trinajstić information content (AvgIpc) is 3.09. The summed E-state index contributed by atoms with van der Waals surface area (Å²) in [4.78, 5) is 0. The number of aromatic nitrogens is 1. The molecule has 0 aliphatic carbocycles. The molecule has 32 heavy (non-hydrogen) atoms. The zero-order valence-electron chi connectivity index (χ0n) is 18.7. The van der Waals surface area contributed by atoms with Gasteiger partial charge in [-0.2, -0.15) is 5.26 Å². The van der Waals surface area contributed by atoms with Crippen molar-refractivity contribution in [2.75, 3.05) is 0 Å². The fourth-order valence-corrected chi connectivity index (χ4v) is 4.48. The highest BCUT2D eigenvalue weighted by molar-refractivity contribution is 6.09. The monoisotopic (exact) mass is 420 g/mol. The van der Waals surface area contributed by atoms with Crippen molar-refractivity contribution >= 4 is 27.4 Å². The zero-order valence-corrected chi connectivity index (χ0v) is 18.7. The first-order valence-electron chi connectivity index (χ1n) is 10.8. The molecule has 1 aromatic heterocycles. The first-order valence-corrected chi connectivity index (χ1v) is 10.8. The lowest BCUT2D eigenvalue weighted by Crippen LogP contribution is -2.05. The molecule has 0 fully saturated rings. The molecular weight excluding hydrogens is 396 g/mol. The fourth-order valence-electron chi connectivity index (χ4n) is 4.48. The molecule has 0 saturated heterocycles. The molecule has 0 unspecified atom stereocenters. The van der Waals surface area contributed by atoms with Crippen molar-refractivity contribution in [3.63, 3.8) is 0 Å². The molecule has 3 heterocycles. The lowest BCUT2D eigenvalue weighted by Gasteiger charge is -2.20. The molecule has 0 radical (unpaired) electrons. The van der Waals surface area contributed by atoms with Crippen LogP contribution in [-0.4, -0.2) is 4.57 Å². The van der Waals surface area contributed by atoms with Crippen LogP contribution in [0.25, 0.3) is 27.4 Å². The summed E-state index contributed by atoms with van der Waals surface area (Å²) in [6.45, 7) is 8.85. The maximum atomic E-state index is 9.25. The van der Waals surface area contributed by atoms with Crippen LogP contribution in [0.5, 0.6) is 5.75 Å². The van der Waals surface area contributed by atoms with Gasteiger partial charge >= 0.3 is 0 Å². The highest BCUT2D eigenvalue weighted by Gasteiger charge is 2.20. The van der Waals surface area contributed by atoms with Crippen molar-refractivity contribution in [3.8, 4) is 11.8 Å². The second-order valence-electron chi connectivity index (χ2n) is 8.20. The van der Waals surface area contributed by atoms with Gasteiger partial charge < -0.3 is 14.0 Å². The third kappa shape index (κ3) is 3.23. The lowest BCUT2D eigenvalue weighted by atomic mass is 10.00. The number of hydrogen-bond acceptors (Lipinski definition) is 3. The first-order chi connectivity index (χ1) is 15.5. The number of para-hydroxylation sites is 1. The van der Waals surface area contributed by atoms with Crippen LogP contribution in [-0.2, 0) is 11.3 Å². The van der Waals surface area contributed by atoms with Gasteiger partial charge in [0.15, 0.2) is 0 Å². The molecule has 0 spiro atoms.